The molecule has 2 aromatic rings. The fraction of sp³-hybridized carbons (Fsp3) is 0.222. The van der Waals surface area contributed by atoms with Crippen LogP contribution in [0.4, 0.5) is 8.78 Å². The Morgan fingerprint density at radius 2 is 1.82 bits per heavy atom. The summed E-state index contributed by atoms with van der Waals surface area (Å²) in [5, 5.41) is 4.01. The number of benzene rings is 2. The van der Waals surface area contributed by atoms with Gasteiger partial charge in [0, 0.05) is 16.7 Å². The summed E-state index contributed by atoms with van der Waals surface area (Å²) in [6.07, 6.45) is 5.32. The van der Waals surface area contributed by atoms with Gasteiger partial charge in [0.15, 0.2) is 0 Å². The van der Waals surface area contributed by atoms with E-state index in [9.17, 15) is 8.78 Å². The monoisotopic (exact) mass is 319 g/mol. The molecular weight excluding hydrogens is 304 g/mol. The Bertz CT molecular complexity index is 725. The van der Waals surface area contributed by atoms with Crippen LogP contribution in [-0.2, 0) is 12.8 Å². The summed E-state index contributed by atoms with van der Waals surface area (Å²) in [6, 6.07) is 7.50. The maximum Gasteiger partial charge on any atom is 0.133 e. The molecule has 0 amide bonds. The van der Waals surface area contributed by atoms with E-state index in [4.69, 9.17) is 11.6 Å². The SMILES string of the molecule is Fc1ccc(/C=C/c2c(Cl)ccc3c2CCNCC3)c(F)c1. The Labute approximate surface area is 133 Å². The van der Waals surface area contributed by atoms with Crippen molar-refractivity contribution in [2.24, 2.45) is 0 Å². The van der Waals surface area contributed by atoms with Gasteiger partial charge in [0.05, 0.1) is 0 Å². The number of fused-ring (bicyclic) bond motifs is 1. The first-order valence-electron chi connectivity index (χ1n) is 7.29. The summed E-state index contributed by atoms with van der Waals surface area (Å²) in [5.74, 6) is -1.15. The van der Waals surface area contributed by atoms with Gasteiger partial charge < -0.3 is 5.32 Å². The molecule has 0 atom stereocenters. The molecule has 0 spiro atoms. The average molecular weight is 320 g/mol. The van der Waals surface area contributed by atoms with Crippen LogP contribution in [0.25, 0.3) is 12.2 Å². The molecule has 3 rings (SSSR count). The lowest BCUT2D eigenvalue weighted by molar-refractivity contribution is 0.581. The van der Waals surface area contributed by atoms with Gasteiger partial charge in [-0.2, -0.15) is 0 Å². The molecule has 1 nitrogen and oxygen atoms in total. The number of halogens is 3. The van der Waals surface area contributed by atoms with Crippen LogP contribution >= 0.6 is 11.6 Å². The lowest BCUT2D eigenvalue weighted by Gasteiger charge is -2.11. The van der Waals surface area contributed by atoms with Gasteiger partial charge in [-0.3, -0.25) is 0 Å². The fourth-order valence-corrected chi connectivity index (χ4v) is 3.00. The molecule has 114 valence electrons. The molecule has 2 aromatic carbocycles. The van der Waals surface area contributed by atoms with Crippen LogP contribution in [0.5, 0.6) is 0 Å². The number of nitrogens with one attached hydrogen (secondary N) is 1. The van der Waals surface area contributed by atoms with Crippen molar-refractivity contribution in [1.82, 2.24) is 5.32 Å². The Morgan fingerprint density at radius 1 is 1.00 bits per heavy atom. The second-order valence-electron chi connectivity index (χ2n) is 5.35. The maximum absolute atomic E-state index is 13.7. The zero-order valence-corrected chi connectivity index (χ0v) is 12.8. The van der Waals surface area contributed by atoms with Gasteiger partial charge in [-0.1, -0.05) is 29.8 Å². The predicted molar refractivity (Wildman–Crippen MR) is 87.0 cm³/mol. The summed E-state index contributed by atoms with van der Waals surface area (Å²) in [5.41, 5.74) is 3.75. The molecule has 0 bridgehead atoms. The van der Waals surface area contributed by atoms with Crippen LogP contribution in [0, 0.1) is 11.6 Å². The van der Waals surface area contributed by atoms with Crippen LogP contribution in [0.3, 0.4) is 0 Å². The fourth-order valence-electron chi connectivity index (χ4n) is 2.76. The molecule has 22 heavy (non-hydrogen) atoms. The van der Waals surface area contributed by atoms with Crippen molar-refractivity contribution in [2.45, 2.75) is 12.8 Å². The van der Waals surface area contributed by atoms with E-state index in [1.54, 1.807) is 6.08 Å². The summed E-state index contributed by atoms with van der Waals surface area (Å²) >= 11 is 6.32. The number of hydrogen-bond acceptors (Lipinski definition) is 1. The van der Waals surface area contributed by atoms with Gasteiger partial charge in [0.2, 0.25) is 0 Å². The van der Waals surface area contributed by atoms with Gasteiger partial charge in [0.1, 0.15) is 11.6 Å². The third-order valence-corrected chi connectivity index (χ3v) is 4.25. The van der Waals surface area contributed by atoms with E-state index in [1.807, 2.05) is 12.1 Å². The zero-order chi connectivity index (χ0) is 15.5. The van der Waals surface area contributed by atoms with Crippen LogP contribution in [0.2, 0.25) is 5.02 Å². The van der Waals surface area contributed by atoms with E-state index in [-0.39, 0.29) is 0 Å². The largest absolute Gasteiger partial charge is 0.316 e. The molecule has 0 aliphatic carbocycles. The summed E-state index contributed by atoms with van der Waals surface area (Å²) in [7, 11) is 0. The first-order chi connectivity index (χ1) is 10.6. The normalized spacial score (nSPS) is 14.9. The van der Waals surface area contributed by atoms with E-state index in [0.29, 0.717) is 10.6 Å². The quantitative estimate of drug-likeness (QED) is 0.805. The van der Waals surface area contributed by atoms with Gasteiger partial charge in [-0.05, 0) is 60.8 Å². The highest BCUT2D eigenvalue weighted by Gasteiger charge is 2.13. The Morgan fingerprint density at radius 3 is 2.64 bits per heavy atom. The summed E-state index contributed by atoms with van der Waals surface area (Å²) in [6.45, 7) is 1.85. The van der Waals surface area contributed by atoms with E-state index >= 15 is 0 Å². The first-order valence-corrected chi connectivity index (χ1v) is 7.67. The Kier molecular flexibility index (Phi) is 4.55. The van der Waals surface area contributed by atoms with Crippen LogP contribution in [-0.4, -0.2) is 13.1 Å². The minimum atomic E-state index is -0.577. The highest BCUT2D eigenvalue weighted by molar-refractivity contribution is 6.32. The van der Waals surface area contributed by atoms with Crippen LogP contribution < -0.4 is 5.32 Å². The molecule has 0 saturated heterocycles. The number of rotatable bonds is 2. The third-order valence-electron chi connectivity index (χ3n) is 3.92. The third kappa shape index (κ3) is 3.21. The van der Waals surface area contributed by atoms with Crippen molar-refractivity contribution in [3.05, 3.63) is 69.2 Å². The summed E-state index contributed by atoms with van der Waals surface area (Å²) in [4.78, 5) is 0. The zero-order valence-electron chi connectivity index (χ0n) is 12.0. The molecule has 1 heterocycles. The molecule has 0 aromatic heterocycles. The minimum absolute atomic E-state index is 0.349. The molecule has 0 fully saturated rings. The molecule has 1 aliphatic heterocycles. The average Bonchev–Trinajstić information content (AvgIpc) is 2.73. The van der Waals surface area contributed by atoms with Crippen molar-refractivity contribution in [3.8, 4) is 0 Å². The Balaban J connectivity index is 1.99. The van der Waals surface area contributed by atoms with Crippen LogP contribution in [0.15, 0.2) is 30.3 Å². The second-order valence-corrected chi connectivity index (χ2v) is 5.76. The lowest BCUT2D eigenvalue weighted by Crippen LogP contribution is -2.16. The van der Waals surface area contributed by atoms with E-state index in [0.717, 1.165) is 37.6 Å². The molecule has 4 heteroatoms. The molecular formula is C18H16ClF2N. The van der Waals surface area contributed by atoms with Gasteiger partial charge in [0.25, 0.3) is 0 Å². The van der Waals surface area contributed by atoms with Crippen molar-refractivity contribution in [2.75, 3.05) is 13.1 Å². The van der Waals surface area contributed by atoms with Gasteiger partial charge >= 0.3 is 0 Å². The molecule has 0 saturated carbocycles. The highest BCUT2D eigenvalue weighted by Crippen LogP contribution is 2.28. The maximum atomic E-state index is 13.7. The molecule has 1 aliphatic rings. The van der Waals surface area contributed by atoms with Crippen molar-refractivity contribution in [3.63, 3.8) is 0 Å². The van der Waals surface area contributed by atoms with Gasteiger partial charge in [-0.15, -0.1) is 0 Å². The lowest BCUT2D eigenvalue weighted by atomic mass is 9.96. The summed E-state index contributed by atoms with van der Waals surface area (Å²) < 4.78 is 26.7. The smallest absolute Gasteiger partial charge is 0.133 e. The molecule has 1 N–H and O–H groups in total. The van der Waals surface area contributed by atoms with E-state index in [1.165, 1.54) is 23.3 Å². The molecule has 0 radical (unpaired) electrons. The molecule has 0 unspecified atom stereocenters. The predicted octanol–water partition coefficient (Wildman–Crippen LogP) is 4.48. The highest BCUT2D eigenvalue weighted by atomic mass is 35.5. The number of hydrogen-bond donors (Lipinski definition) is 1. The van der Waals surface area contributed by atoms with E-state index in [2.05, 4.69) is 11.4 Å². The van der Waals surface area contributed by atoms with Gasteiger partial charge in [-0.25, -0.2) is 8.78 Å². The topological polar surface area (TPSA) is 12.0 Å². The van der Waals surface area contributed by atoms with Crippen molar-refractivity contribution in [1.29, 1.82) is 0 Å². The van der Waals surface area contributed by atoms with Crippen molar-refractivity contribution < 1.29 is 8.78 Å². The standard InChI is InChI=1S/C18H16ClF2N/c19-17-6-3-12-7-9-22-10-8-15(12)16(17)5-2-13-1-4-14(20)11-18(13)21/h1-6,11,22H,7-10H2/b5-2+. The van der Waals surface area contributed by atoms with Crippen LogP contribution in [0.1, 0.15) is 22.3 Å². The Hall–Kier alpha value is -1.71. The van der Waals surface area contributed by atoms with Crippen molar-refractivity contribution >= 4 is 23.8 Å². The van der Waals surface area contributed by atoms with E-state index < -0.39 is 11.6 Å². The second kappa shape index (κ2) is 6.59. The first kappa shape index (κ1) is 15.2. The minimum Gasteiger partial charge on any atom is -0.316 e.